The number of fused-ring (bicyclic) bond motifs is 1. The Morgan fingerprint density at radius 3 is 2.87 bits per heavy atom. The zero-order valence-electron chi connectivity index (χ0n) is 9.16. The first-order valence-corrected chi connectivity index (χ1v) is 6.02. The number of hydrogen-bond acceptors (Lipinski definition) is 2. The van der Waals surface area contributed by atoms with Gasteiger partial charge in [0.25, 0.3) is 0 Å². The van der Waals surface area contributed by atoms with E-state index in [4.69, 9.17) is 0 Å². The monoisotopic (exact) mass is 217 g/mol. The number of hydrogen-bond donors (Lipinski definition) is 0. The second-order valence-electron chi connectivity index (χ2n) is 3.87. The van der Waals surface area contributed by atoms with Gasteiger partial charge >= 0.3 is 0 Å². The second kappa shape index (κ2) is 4.23. The number of nitrogens with zero attached hydrogens (tertiary/aromatic N) is 1. The molecule has 0 saturated heterocycles. The van der Waals surface area contributed by atoms with Gasteiger partial charge in [0.05, 0.1) is 5.69 Å². The summed E-state index contributed by atoms with van der Waals surface area (Å²) in [4.78, 5) is 5.81. The molecule has 0 N–H and O–H groups in total. The molecule has 1 nitrogen and oxygen atoms in total. The van der Waals surface area contributed by atoms with Crippen LogP contribution in [0, 0.1) is 0 Å². The highest BCUT2D eigenvalue weighted by Crippen LogP contribution is 2.31. The lowest BCUT2D eigenvalue weighted by atomic mass is 10.1. The van der Waals surface area contributed by atoms with Crippen molar-refractivity contribution in [1.82, 2.24) is 0 Å². The van der Waals surface area contributed by atoms with Gasteiger partial charge in [-0.1, -0.05) is 24.8 Å². The standard InChI is InChI=1S/C13H15NS/c1-9(2)15-10(3)13-8-11-6-4-5-7-12(11)14-13/h4-7,10H,1,8H2,2-3H3. The maximum absolute atomic E-state index is 4.66. The Labute approximate surface area is 95.3 Å². The average Bonchev–Trinajstić information content (AvgIpc) is 2.59. The fraction of sp³-hybridized carbons (Fsp3) is 0.308. The molecule has 0 bridgehead atoms. The number of allylic oxidation sites excluding steroid dienone is 1. The Morgan fingerprint density at radius 2 is 2.20 bits per heavy atom. The lowest BCUT2D eigenvalue weighted by molar-refractivity contribution is 1.24. The van der Waals surface area contributed by atoms with E-state index in [-0.39, 0.29) is 0 Å². The number of benzene rings is 1. The molecule has 1 aromatic rings. The Bertz CT molecular complexity index is 420. The number of aliphatic imine (C=N–C) groups is 1. The van der Waals surface area contributed by atoms with Crippen molar-refractivity contribution in [3.63, 3.8) is 0 Å². The third kappa shape index (κ3) is 2.32. The Balaban J connectivity index is 2.14. The van der Waals surface area contributed by atoms with Crippen molar-refractivity contribution in [3.8, 4) is 0 Å². The first kappa shape index (κ1) is 10.5. The van der Waals surface area contributed by atoms with Crippen LogP contribution in [-0.2, 0) is 6.42 Å². The molecular formula is C13H15NS. The normalized spacial score (nSPS) is 15.7. The van der Waals surface area contributed by atoms with Gasteiger partial charge in [0.2, 0.25) is 0 Å². The molecule has 0 spiro atoms. The highest BCUT2D eigenvalue weighted by molar-refractivity contribution is 8.04. The molecular weight excluding hydrogens is 202 g/mol. The van der Waals surface area contributed by atoms with Gasteiger partial charge in [-0.2, -0.15) is 0 Å². The van der Waals surface area contributed by atoms with E-state index < -0.39 is 0 Å². The molecule has 2 heteroatoms. The van der Waals surface area contributed by atoms with Gasteiger partial charge in [-0.25, -0.2) is 0 Å². The van der Waals surface area contributed by atoms with Crippen LogP contribution in [0.15, 0.2) is 40.7 Å². The van der Waals surface area contributed by atoms with Crippen LogP contribution in [0.5, 0.6) is 0 Å². The minimum atomic E-state index is 0.440. The summed E-state index contributed by atoms with van der Waals surface area (Å²) >= 11 is 1.80. The van der Waals surface area contributed by atoms with Crippen LogP contribution in [0.4, 0.5) is 5.69 Å². The zero-order chi connectivity index (χ0) is 10.8. The maximum atomic E-state index is 4.66. The molecule has 1 atom stereocenters. The van der Waals surface area contributed by atoms with E-state index in [9.17, 15) is 0 Å². The Kier molecular flexibility index (Phi) is 2.96. The first-order chi connectivity index (χ1) is 7.16. The van der Waals surface area contributed by atoms with E-state index in [1.165, 1.54) is 11.3 Å². The van der Waals surface area contributed by atoms with E-state index >= 15 is 0 Å². The molecule has 1 aromatic carbocycles. The lowest BCUT2D eigenvalue weighted by Crippen LogP contribution is -2.12. The van der Waals surface area contributed by atoms with E-state index in [1.807, 2.05) is 13.0 Å². The second-order valence-corrected chi connectivity index (χ2v) is 5.51. The topological polar surface area (TPSA) is 12.4 Å². The van der Waals surface area contributed by atoms with Crippen molar-refractivity contribution >= 4 is 23.2 Å². The number of thioether (sulfide) groups is 1. The van der Waals surface area contributed by atoms with Crippen LogP contribution in [0.1, 0.15) is 19.4 Å². The predicted molar refractivity (Wildman–Crippen MR) is 69.1 cm³/mol. The minimum Gasteiger partial charge on any atom is -0.256 e. The van der Waals surface area contributed by atoms with Crippen molar-refractivity contribution < 1.29 is 0 Å². The van der Waals surface area contributed by atoms with E-state index in [1.54, 1.807) is 11.8 Å². The molecule has 0 amide bonds. The third-order valence-electron chi connectivity index (χ3n) is 2.47. The van der Waals surface area contributed by atoms with Crippen LogP contribution in [0.2, 0.25) is 0 Å². The van der Waals surface area contributed by atoms with Crippen molar-refractivity contribution in [3.05, 3.63) is 41.3 Å². The van der Waals surface area contributed by atoms with E-state index in [2.05, 4.69) is 36.7 Å². The molecule has 1 unspecified atom stereocenters. The van der Waals surface area contributed by atoms with Gasteiger partial charge in [0.1, 0.15) is 0 Å². The quantitative estimate of drug-likeness (QED) is 0.746. The summed E-state index contributed by atoms with van der Waals surface area (Å²) in [7, 11) is 0. The number of rotatable bonds is 3. The molecule has 0 radical (unpaired) electrons. The largest absolute Gasteiger partial charge is 0.256 e. The molecule has 1 heterocycles. The summed E-state index contributed by atoms with van der Waals surface area (Å²) in [5, 5.41) is 0.440. The van der Waals surface area contributed by atoms with Crippen LogP contribution in [0.25, 0.3) is 0 Å². The number of para-hydroxylation sites is 1. The fourth-order valence-corrected chi connectivity index (χ4v) is 2.64. The fourth-order valence-electron chi connectivity index (χ4n) is 1.76. The van der Waals surface area contributed by atoms with Crippen molar-refractivity contribution in [1.29, 1.82) is 0 Å². The van der Waals surface area contributed by atoms with Gasteiger partial charge in [-0.15, -0.1) is 11.8 Å². The minimum absolute atomic E-state index is 0.440. The SMILES string of the molecule is C=C(C)SC(C)C1=Nc2ccccc2C1. The molecule has 15 heavy (non-hydrogen) atoms. The van der Waals surface area contributed by atoms with Crippen molar-refractivity contribution in [2.24, 2.45) is 4.99 Å². The van der Waals surface area contributed by atoms with Crippen molar-refractivity contribution in [2.75, 3.05) is 0 Å². The van der Waals surface area contributed by atoms with Gasteiger partial charge in [-0.05, 0) is 30.4 Å². The summed E-state index contributed by atoms with van der Waals surface area (Å²) in [6.07, 6.45) is 0.998. The van der Waals surface area contributed by atoms with Crippen LogP contribution in [-0.4, -0.2) is 11.0 Å². The zero-order valence-corrected chi connectivity index (χ0v) is 9.97. The Morgan fingerprint density at radius 1 is 1.47 bits per heavy atom. The predicted octanol–water partition coefficient (Wildman–Crippen LogP) is 3.97. The average molecular weight is 217 g/mol. The van der Waals surface area contributed by atoms with Crippen LogP contribution >= 0.6 is 11.8 Å². The summed E-state index contributed by atoms with van der Waals surface area (Å²) in [6.45, 7) is 8.17. The summed E-state index contributed by atoms with van der Waals surface area (Å²) in [5.74, 6) is 0. The smallest absolute Gasteiger partial charge is 0.0665 e. The lowest BCUT2D eigenvalue weighted by Gasteiger charge is -2.09. The molecule has 0 aliphatic carbocycles. The van der Waals surface area contributed by atoms with Gasteiger partial charge in [0.15, 0.2) is 0 Å². The van der Waals surface area contributed by atoms with Crippen LogP contribution < -0.4 is 0 Å². The molecule has 1 aliphatic rings. The highest BCUT2D eigenvalue weighted by Gasteiger charge is 2.19. The summed E-state index contributed by atoms with van der Waals surface area (Å²) in [6, 6.07) is 8.36. The van der Waals surface area contributed by atoms with Gasteiger partial charge < -0.3 is 0 Å². The first-order valence-electron chi connectivity index (χ1n) is 5.14. The van der Waals surface area contributed by atoms with Gasteiger partial charge in [0, 0.05) is 17.4 Å². The molecule has 1 aliphatic heterocycles. The third-order valence-corrected chi connectivity index (χ3v) is 3.50. The summed E-state index contributed by atoms with van der Waals surface area (Å²) < 4.78 is 0. The maximum Gasteiger partial charge on any atom is 0.0665 e. The highest BCUT2D eigenvalue weighted by atomic mass is 32.2. The Hall–Kier alpha value is -1.02. The van der Waals surface area contributed by atoms with E-state index in [0.717, 1.165) is 17.0 Å². The molecule has 2 rings (SSSR count). The summed E-state index contributed by atoms with van der Waals surface area (Å²) in [5.41, 5.74) is 3.76. The van der Waals surface area contributed by atoms with Crippen molar-refractivity contribution in [2.45, 2.75) is 25.5 Å². The van der Waals surface area contributed by atoms with Crippen LogP contribution in [0.3, 0.4) is 0 Å². The molecule has 0 fully saturated rings. The van der Waals surface area contributed by atoms with Gasteiger partial charge in [-0.3, -0.25) is 4.99 Å². The van der Waals surface area contributed by atoms with E-state index in [0.29, 0.717) is 5.25 Å². The molecule has 0 saturated carbocycles. The molecule has 78 valence electrons. The molecule has 0 aromatic heterocycles.